The summed E-state index contributed by atoms with van der Waals surface area (Å²) in [5.74, 6) is 0.0626. The Labute approximate surface area is 173 Å². The van der Waals surface area contributed by atoms with Crippen LogP contribution in [0.2, 0.25) is 5.02 Å². The number of pyridine rings is 1. The molecule has 2 aromatic heterocycles. The van der Waals surface area contributed by atoms with E-state index in [-0.39, 0.29) is 5.91 Å². The minimum Gasteiger partial charge on any atom is -0.368 e. The van der Waals surface area contributed by atoms with Crippen molar-refractivity contribution in [2.24, 2.45) is 0 Å². The molecule has 1 aliphatic heterocycles. The molecule has 3 heterocycles. The van der Waals surface area contributed by atoms with Crippen molar-refractivity contribution in [3.63, 3.8) is 0 Å². The van der Waals surface area contributed by atoms with Gasteiger partial charge in [0, 0.05) is 54.8 Å². The predicted octanol–water partition coefficient (Wildman–Crippen LogP) is 4.44. The molecule has 3 aromatic rings. The Hall–Kier alpha value is -2.44. The van der Waals surface area contributed by atoms with Crippen LogP contribution < -0.4 is 4.90 Å². The van der Waals surface area contributed by atoms with Gasteiger partial charge in [0.2, 0.25) is 0 Å². The fraction of sp³-hybridized carbons (Fsp3) is 0.286. The molecule has 0 saturated carbocycles. The van der Waals surface area contributed by atoms with E-state index in [0.717, 1.165) is 40.1 Å². The van der Waals surface area contributed by atoms with Crippen molar-refractivity contribution < 1.29 is 4.79 Å². The fourth-order valence-electron chi connectivity index (χ4n) is 3.42. The van der Waals surface area contributed by atoms with Gasteiger partial charge in [-0.2, -0.15) is 0 Å². The van der Waals surface area contributed by atoms with E-state index in [2.05, 4.69) is 21.8 Å². The molecule has 1 amide bonds. The van der Waals surface area contributed by atoms with E-state index in [1.54, 1.807) is 12.4 Å². The zero-order valence-electron chi connectivity index (χ0n) is 15.9. The lowest BCUT2D eigenvalue weighted by atomic mass is 10.1. The second kappa shape index (κ2) is 7.89. The van der Waals surface area contributed by atoms with Crippen molar-refractivity contribution in [2.45, 2.75) is 13.8 Å². The predicted molar refractivity (Wildman–Crippen MR) is 114 cm³/mol. The van der Waals surface area contributed by atoms with Crippen LogP contribution in [-0.4, -0.2) is 47.0 Å². The van der Waals surface area contributed by atoms with Crippen LogP contribution in [0.4, 0.5) is 5.69 Å². The number of anilines is 1. The van der Waals surface area contributed by atoms with Crippen LogP contribution in [0, 0.1) is 13.8 Å². The van der Waals surface area contributed by atoms with E-state index >= 15 is 0 Å². The monoisotopic (exact) mass is 412 g/mol. The first-order valence-corrected chi connectivity index (χ1v) is 10.4. The van der Waals surface area contributed by atoms with E-state index in [9.17, 15) is 4.79 Å². The Morgan fingerprint density at radius 3 is 2.64 bits per heavy atom. The number of amides is 1. The van der Waals surface area contributed by atoms with Crippen molar-refractivity contribution in [1.29, 1.82) is 0 Å². The number of carbonyl (C=O) groups is 1. The van der Waals surface area contributed by atoms with Gasteiger partial charge in [-0.15, -0.1) is 11.3 Å². The fourth-order valence-corrected chi connectivity index (χ4v) is 4.62. The summed E-state index contributed by atoms with van der Waals surface area (Å²) in [6.07, 6.45) is 3.51. The number of rotatable bonds is 3. The van der Waals surface area contributed by atoms with Crippen LogP contribution in [0.25, 0.3) is 10.6 Å². The number of thiazole rings is 1. The summed E-state index contributed by atoms with van der Waals surface area (Å²) in [6, 6.07) is 9.79. The van der Waals surface area contributed by atoms with E-state index in [1.807, 2.05) is 42.2 Å². The second-order valence-corrected chi connectivity index (χ2v) is 8.32. The number of hydrogen-bond acceptors (Lipinski definition) is 5. The lowest BCUT2D eigenvalue weighted by Crippen LogP contribution is -2.49. The molecule has 0 spiro atoms. The molecule has 0 bridgehead atoms. The molecular formula is C21H21ClN4OS. The van der Waals surface area contributed by atoms with Crippen LogP contribution >= 0.6 is 22.9 Å². The molecule has 1 aliphatic rings. The maximum Gasteiger partial charge on any atom is 0.265 e. The largest absolute Gasteiger partial charge is 0.368 e. The smallest absolute Gasteiger partial charge is 0.265 e. The van der Waals surface area contributed by atoms with Crippen molar-refractivity contribution in [1.82, 2.24) is 14.9 Å². The van der Waals surface area contributed by atoms with Crippen LogP contribution in [0.5, 0.6) is 0 Å². The van der Waals surface area contributed by atoms with Gasteiger partial charge in [0.15, 0.2) is 0 Å². The molecular weight excluding hydrogens is 392 g/mol. The lowest BCUT2D eigenvalue weighted by molar-refractivity contribution is 0.0750. The quantitative estimate of drug-likeness (QED) is 0.638. The average Bonchev–Trinajstić information content (AvgIpc) is 3.12. The highest BCUT2D eigenvalue weighted by Crippen LogP contribution is 2.29. The summed E-state index contributed by atoms with van der Waals surface area (Å²) in [6.45, 7) is 6.94. The van der Waals surface area contributed by atoms with Gasteiger partial charge in [-0.05, 0) is 43.7 Å². The van der Waals surface area contributed by atoms with Gasteiger partial charge in [-0.1, -0.05) is 17.7 Å². The second-order valence-electron chi connectivity index (χ2n) is 6.89. The van der Waals surface area contributed by atoms with Gasteiger partial charge >= 0.3 is 0 Å². The highest BCUT2D eigenvalue weighted by atomic mass is 35.5. The third-order valence-electron chi connectivity index (χ3n) is 4.98. The molecule has 0 unspecified atom stereocenters. The number of hydrogen-bond donors (Lipinski definition) is 0. The van der Waals surface area contributed by atoms with E-state index in [1.165, 1.54) is 16.9 Å². The summed E-state index contributed by atoms with van der Waals surface area (Å²) in [7, 11) is 0. The van der Waals surface area contributed by atoms with Crippen LogP contribution in [0.15, 0.2) is 42.7 Å². The molecule has 0 N–H and O–H groups in total. The van der Waals surface area contributed by atoms with Crippen molar-refractivity contribution >= 4 is 34.5 Å². The number of piperazine rings is 1. The number of aromatic nitrogens is 2. The third-order valence-corrected chi connectivity index (χ3v) is 6.41. The zero-order valence-corrected chi connectivity index (χ0v) is 17.4. The summed E-state index contributed by atoms with van der Waals surface area (Å²) in [4.78, 5) is 26.7. The van der Waals surface area contributed by atoms with E-state index in [0.29, 0.717) is 18.0 Å². The van der Waals surface area contributed by atoms with Gasteiger partial charge in [-0.3, -0.25) is 9.78 Å². The Bertz CT molecular complexity index is 997. The molecule has 0 radical (unpaired) electrons. The summed E-state index contributed by atoms with van der Waals surface area (Å²) < 4.78 is 0. The molecule has 144 valence electrons. The first-order chi connectivity index (χ1) is 13.5. The molecule has 28 heavy (non-hydrogen) atoms. The van der Waals surface area contributed by atoms with Crippen LogP contribution in [-0.2, 0) is 0 Å². The molecule has 0 atom stereocenters. The van der Waals surface area contributed by atoms with Crippen molar-refractivity contribution in [2.75, 3.05) is 31.1 Å². The Morgan fingerprint density at radius 2 is 1.93 bits per heavy atom. The molecule has 0 aliphatic carbocycles. The standard InChI is InChI=1S/C21H21ClN4OS/c1-14-5-6-17(22)12-18(14)25-8-10-26(11-9-25)21(27)19-15(2)24-20(28-19)16-4-3-7-23-13-16/h3-7,12-13H,8-11H2,1-2H3. The maximum atomic E-state index is 13.1. The highest BCUT2D eigenvalue weighted by molar-refractivity contribution is 7.17. The number of aryl methyl sites for hydroxylation is 2. The lowest BCUT2D eigenvalue weighted by Gasteiger charge is -2.36. The van der Waals surface area contributed by atoms with Crippen LogP contribution in [0.1, 0.15) is 20.9 Å². The summed E-state index contributed by atoms with van der Waals surface area (Å²) >= 11 is 7.61. The minimum absolute atomic E-state index is 0.0626. The number of halogens is 1. The van der Waals surface area contributed by atoms with E-state index < -0.39 is 0 Å². The normalized spacial score (nSPS) is 14.4. The SMILES string of the molecule is Cc1ccc(Cl)cc1N1CCN(C(=O)c2sc(-c3cccnc3)nc2C)CC1. The van der Waals surface area contributed by atoms with Crippen molar-refractivity contribution in [3.8, 4) is 10.6 Å². The number of carbonyl (C=O) groups excluding carboxylic acids is 1. The van der Waals surface area contributed by atoms with Gasteiger partial charge in [0.05, 0.1) is 5.69 Å². The topological polar surface area (TPSA) is 49.3 Å². The van der Waals surface area contributed by atoms with Crippen LogP contribution in [0.3, 0.4) is 0 Å². The first kappa shape index (κ1) is 18.9. The minimum atomic E-state index is 0.0626. The average molecular weight is 413 g/mol. The molecule has 1 saturated heterocycles. The summed E-state index contributed by atoms with van der Waals surface area (Å²) in [5.41, 5.74) is 4.06. The van der Waals surface area contributed by atoms with E-state index in [4.69, 9.17) is 11.6 Å². The third kappa shape index (κ3) is 3.75. The maximum absolute atomic E-state index is 13.1. The van der Waals surface area contributed by atoms with Crippen molar-refractivity contribution in [3.05, 3.63) is 63.9 Å². The Balaban J connectivity index is 1.47. The van der Waals surface area contributed by atoms with Gasteiger partial charge in [-0.25, -0.2) is 4.98 Å². The van der Waals surface area contributed by atoms with Gasteiger partial charge < -0.3 is 9.80 Å². The van der Waals surface area contributed by atoms with Gasteiger partial charge in [0.25, 0.3) is 5.91 Å². The molecule has 5 nitrogen and oxygen atoms in total. The first-order valence-electron chi connectivity index (χ1n) is 9.21. The number of nitrogens with zero attached hydrogens (tertiary/aromatic N) is 4. The Kier molecular flexibility index (Phi) is 5.33. The molecule has 1 aromatic carbocycles. The summed E-state index contributed by atoms with van der Waals surface area (Å²) in [5, 5.41) is 1.57. The zero-order chi connectivity index (χ0) is 19.7. The van der Waals surface area contributed by atoms with Gasteiger partial charge in [0.1, 0.15) is 9.88 Å². The number of benzene rings is 1. The highest BCUT2D eigenvalue weighted by Gasteiger charge is 2.26. The molecule has 7 heteroatoms. The molecule has 4 rings (SSSR count). The molecule has 1 fully saturated rings. The Morgan fingerprint density at radius 1 is 1.14 bits per heavy atom.